The second-order valence-electron chi connectivity index (χ2n) is 3.79. The molecule has 0 unspecified atom stereocenters. The summed E-state index contributed by atoms with van der Waals surface area (Å²) in [6.45, 7) is 1.71. The molecule has 2 rings (SSSR count). The van der Waals surface area contributed by atoms with E-state index in [-0.39, 0.29) is 15.5 Å². The number of nitrogens with zero attached hydrogens (tertiary/aromatic N) is 1. The Hall–Kier alpha value is -1.95. The quantitative estimate of drug-likeness (QED) is 0.935. The van der Waals surface area contributed by atoms with Crippen LogP contribution >= 0.6 is 11.8 Å². The van der Waals surface area contributed by atoms with Crippen LogP contribution in [0.25, 0.3) is 0 Å². The van der Waals surface area contributed by atoms with Crippen LogP contribution < -0.4 is 0 Å². The van der Waals surface area contributed by atoms with Crippen LogP contribution in [-0.2, 0) is 0 Å². The summed E-state index contributed by atoms with van der Waals surface area (Å²) in [5.41, 5.74) is 0.606. The van der Waals surface area contributed by atoms with Gasteiger partial charge in [0, 0.05) is 16.7 Å². The highest BCUT2D eigenvalue weighted by Gasteiger charge is 2.15. The molecule has 0 saturated heterocycles. The summed E-state index contributed by atoms with van der Waals surface area (Å²) in [6.07, 6.45) is 0. The van der Waals surface area contributed by atoms with Crippen molar-refractivity contribution in [2.45, 2.75) is 16.8 Å². The Morgan fingerprint density at radius 3 is 2.63 bits per heavy atom. The van der Waals surface area contributed by atoms with Crippen molar-refractivity contribution in [3.8, 4) is 0 Å². The first-order valence-corrected chi connectivity index (χ1v) is 6.13. The first-order chi connectivity index (χ1) is 8.97. The van der Waals surface area contributed by atoms with Gasteiger partial charge in [-0.25, -0.2) is 18.6 Å². The molecule has 98 valence electrons. The van der Waals surface area contributed by atoms with Gasteiger partial charge in [-0.3, -0.25) is 0 Å². The molecule has 19 heavy (non-hydrogen) atoms. The minimum atomic E-state index is -1.14. The summed E-state index contributed by atoms with van der Waals surface area (Å²) in [4.78, 5) is 15.3. The molecule has 1 heterocycles. The number of carboxylic acid groups (broad SMARTS) is 1. The molecule has 0 aliphatic heterocycles. The number of aryl methyl sites for hydroxylation is 1. The van der Waals surface area contributed by atoms with E-state index < -0.39 is 17.6 Å². The van der Waals surface area contributed by atoms with Crippen molar-refractivity contribution >= 4 is 17.7 Å². The Labute approximate surface area is 112 Å². The minimum absolute atomic E-state index is 0.0145. The maximum absolute atomic E-state index is 13.5. The van der Waals surface area contributed by atoms with Crippen LogP contribution in [0.4, 0.5) is 8.78 Å². The van der Waals surface area contributed by atoms with Crippen LogP contribution in [0.2, 0.25) is 0 Å². The average molecular weight is 281 g/mol. The zero-order chi connectivity index (χ0) is 14.0. The van der Waals surface area contributed by atoms with Gasteiger partial charge in [0.25, 0.3) is 0 Å². The van der Waals surface area contributed by atoms with Crippen molar-refractivity contribution in [2.75, 3.05) is 0 Å². The van der Waals surface area contributed by atoms with Crippen molar-refractivity contribution < 1.29 is 18.7 Å². The third-order valence-electron chi connectivity index (χ3n) is 2.33. The molecule has 0 aliphatic rings. The van der Waals surface area contributed by atoms with E-state index in [4.69, 9.17) is 5.11 Å². The second-order valence-corrected chi connectivity index (χ2v) is 4.82. The Kier molecular flexibility index (Phi) is 3.80. The van der Waals surface area contributed by atoms with Gasteiger partial charge in [0.15, 0.2) is 0 Å². The van der Waals surface area contributed by atoms with E-state index in [9.17, 15) is 13.6 Å². The Morgan fingerprint density at radius 1 is 1.26 bits per heavy atom. The number of hydrogen-bond acceptors (Lipinski definition) is 3. The van der Waals surface area contributed by atoms with Crippen molar-refractivity contribution in [1.82, 2.24) is 4.98 Å². The number of aromatic carboxylic acids is 1. The predicted octanol–water partition coefficient (Wildman–Crippen LogP) is 3.52. The summed E-state index contributed by atoms with van der Waals surface area (Å²) in [6, 6.07) is 6.09. The maximum Gasteiger partial charge on any atom is 0.338 e. The topological polar surface area (TPSA) is 50.2 Å². The molecule has 0 bridgehead atoms. The SMILES string of the molecule is Cc1ccc(C(=O)O)c(Sc2ccc(F)cc2F)n1. The predicted molar refractivity (Wildman–Crippen MR) is 66.4 cm³/mol. The first-order valence-electron chi connectivity index (χ1n) is 5.31. The lowest BCUT2D eigenvalue weighted by Crippen LogP contribution is -2.01. The molecular formula is C13H9F2NO2S. The number of benzene rings is 1. The number of aromatic nitrogens is 1. The van der Waals surface area contributed by atoms with E-state index >= 15 is 0 Å². The lowest BCUT2D eigenvalue weighted by Gasteiger charge is -2.06. The summed E-state index contributed by atoms with van der Waals surface area (Å²) >= 11 is 0.858. The van der Waals surface area contributed by atoms with Gasteiger partial charge in [-0.1, -0.05) is 11.8 Å². The summed E-state index contributed by atoms with van der Waals surface area (Å²) in [7, 11) is 0. The maximum atomic E-state index is 13.5. The average Bonchev–Trinajstić information content (AvgIpc) is 2.32. The fraction of sp³-hybridized carbons (Fsp3) is 0.0769. The highest BCUT2D eigenvalue weighted by molar-refractivity contribution is 7.99. The summed E-state index contributed by atoms with van der Waals surface area (Å²) in [5, 5.41) is 9.22. The molecule has 0 spiro atoms. The third kappa shape index (κ3) is 3.08. The number of hydrogen-bond donors (Lipinski definition) is 1. The van der Waals surface area contributed by atoms with Gasteiger partial charge in [-0.15, -0.1) is 0 Å². The molecule has 0 amide bonds. The standard InChI is InChI=1S/C13H9F2NO2S/c1-7-2-4-9(13(17)18)12(16-7)19-11-5-3-8(14)6-10(11)15/h2-6H,1H3,(H,17,18). The molecule has 0 saturated carbocycles. The van der Waals surface area contributed by atoms with Gasteiger partial charge < -0.3 is 5.11 Å². The smallest absolute Gasteiger partial charge is 0.338 e. The van der Waals surface area contributed by atoms with Crippen LogP contribution in [0.5, 0.6) is 0 Å². The van der Waals surface area contributed by atoms with Crippen molar-refractivity contribution in [2.24, 2.45) is 0 Å². The molecule has 0 atom stereocenters. The van der Waals surface area contributed by atoms with Gasteiger partial charge in [-0.05, 0) is 31.2 Å². The lowest BCUT2D eigenvalue weighted by atomic mass is 10.2. The number of pyridine rings is 1. The van der Waals surface area contributed by atoms with Gasteiger partial charge in [-0.2, -0.15) is 0 Å². The van der Waals surface area contributed by atoms with E-state index in [1.54, 1.807) is 13.0 Å². The van der Waals surface area contributed by atoms with Crippen molar-refractivity contribution in [1.29, 1.82) is 0 Å². The highest BCUT2D eigenvalue weighted by Crippen LogP contribution is 2.31. The van der Waals surface area contributed by atoms with E-state index in [1.165, 1.54) is 12.1 Å². The zero-order valence-corrected chi connectivity index (χ0v) is 10.7. The van der Waals surface area contributed by atoms with Crippen molar-refractivity contribution in [3.63, 3.8) is 0 Å². The molecular weight excluding hydrogens is 272 g/mol. The molecule has 0 radical (unpaired) electrons. The summed E-state index contributed by atoms with van der Waals surface area (Å²) in [5.74, 6) is -2.57. The van der Waals surface area contributed by atoms with Crippen LogP contribution in [0.15, 0.2) is 40.3 Å². The Bertz CT molecular complexity index is 647. The zero-order valence-electron chi connectivity index (χ0n) is 9.85. The second kappa shape index (κ2) is 5.36. The molecule has 0 fully saturated rings. The molecule has 2 aromatic rings. The number of halogens is 2. The minimum Gasteiger partial charge on any atom is -0.478 e. The van der Waals surface area contributed by atoms with Gasteiger partial charge in [0.2, 0.25) is 0 Å². The molecule has 0 aliphatic carbocycles. The fourth-order valence-corrected chi connectivity index (χ4v) is 2.39. The molecule has 1 aromatic heterocycles. The van der Waals surface area contributed by atoms with Crippen LogP contribution in [-0.4, -0.2) is 16.1 Å². The van der Waals surface area contributed by atoms with Crippen molar-refractivity contribution in [3.05, 3.63) is 53.2 Å². The molecule has 1 N–H and O–H groups in total. The number of carboxylic acids is 1. The Morgan fingerprint density at radius 2 is 2.00 bits per heavy atom. The fourth-order valence-electron chi connectivity index (χ4n) is 1.44. The monoisotopic (exact) mass is 281 g/mol. The normalized spacial score (nSPS) is 10.5. The van der Waals surface area contributed by atoms with Crippen LogP contribution in [0.3, 0.4) is 0 Å². The van der Waals surface area contributed by atoms with Gasteiger partial charge in [0.05, 0.1) is 5.56 Å². The first kappa shape index (κ1) is 13.5. The molecule has 1 aromatic carbocycles. The molecule has 3 nitrogen and oxygen atoms in total. The third-order valence-corrected chi connectivity index (χ3v) is 3.39. The van der Waals surface area contributed by atoms with Gasteiger partial charge >= 0.3 is 5.97 Å². The Balaban J connectivity index is 2.42. The van der Waals surface area contributed by atoms with E-state index in [2.05, 4.69) is 4.98 Å². The number of carbonyl (C=O) groups is 1. The highest BCUT2D eigenvalue weighted by atomic mass is 32.2. The molecule has 6 heteroatoms. The van der Waals surface area contributed by atoms with Gasteiger partial charge in [0.1, 0.15) is 16.7 Å². The largest absolute Gasteiger partial charge is 0.478 e. The van der Waals surface area contributed by atoms with Crippen LogP contribution in [0.1, 0.15) is 16.1 Å². The van der Waals surface area contributed by atoms with Crippen LogP contribution in [0, 0.1) is 18.6 Å². The van der Waals surface area contributed by atoms with E-state index in [0.29, 0.717) is 5.69 Å². The van der Waals surface area contributed by atoms with E-state index in [0.717, 1.165) is 23.9 Å². The van der Waals surface area contributed by atoms with E-state index in [1.807, 2.05) is 0 Å². The lowest BCUT2D eigenvalue weighted by molar-refractivity contribution is 0.0692. The summed E-state index contributed by atoms with van der Waals surface area (Å²) < 4.78 is 26.3. The number of rotatable bonds is 3.